The van der Waals surface area contributed by atoms with E-state index >= 15 is 4.39 Å². The van der Waals surface area contributed by atoms with E-state index < -0.39 is 5.67 Å². The Kier molecular flexibility index (Phi) is 4.31. The van der Waals surface area contributed by atoms with Crippen LogP contribution in [-0.2, 0) is 5.67 Å². The number of rotatable bonds is 3. The SMILES string of the molecule is O=C(c1csc(-c2cn[nH]c2)c1)N1CC2CCCC(F)(c3ccccc3)C2C1. The normalized spacial score (nSPS) is 27.0. The fourth-order valence-electron chi connectivity index (χ4n) is 4.90. The molecule has 2 aromatic heterocycles. The molecule has 144 valence electrons. The first-order chi connectivity index (χ1) is 13.6. The van der Waals surface area contributed by atoms with Crippen LogP contribution < -0.4 is 0 Å². The molecule has 0 bridgehead atoms. The number of hydrogen-bond acceptors (Lipinski definition) is 3. The third-order valence-electron chi connectivity index (χ3n) is 6.31. The Hall–Kier alpha value is -2.47. The van der Waals surface area contributed by atoms with E-state index in [1.54, 1.807) is 6.20 Å². The number of likely N-dealkylation sites (tertiary alicyclic amines) is 1. The van der Waals surface area contributed by atoms with Crippen LogP contribution in [0.1, 0.15) is 35.2 Å². The van der Waals surface area contributed by atoms with E-state index in [2.05, 4.69) is 10.2 Å². The lowest BCUT2D eigenvalue weighted by atomic mass is 9.69. The fraction of sp³-hybridized carbons (Fsp3) is 0.364. The molecule has 0 radical (unpaired) electrons. The van der Waals surface area contributed by atoms with Gasteiger partial charge in [0.2, 0.25) is 0 Å². The number of thiophene rings is 1. The molecule has 1 N–H and O–H groups in total. The van der Waals surface area contributed by atoms with Crippen molar-refractivity contribution in [3.63, 3.8) is 0 Å². The average molecular weight is 396 g/mol. The third kappa shape index (κ3) is 2.87. The maximum Gasteiger partial charge on any atom is 0.254 e. The molecule has 1 aliphatic heterocycles. The number of carbonyl (C=O) groups is 1. The topological polar surface area (TPSA) is 49.0 Å². The first kappa shape index (κ1) is 17.6. The van der Waals surface area contributed by atoms with Gasteiger partial charge in [-0.25, -0.2) is 4.39 Å². The second kappa shape index (κ2) is 6.85. The molecule has 5 rings (SSSR count). The summed E-state index contributed by atoms with van der Waals surface area (Å²) in [5.41, 5.74) is 1.09. The van der Waals surface area contributed by atoms with E-state index in [1.165, 1.54) is 11.3 Å². The lowest BCUT2D eigenvalue weighted by Gasteiger charge is -2.39. The second-order valence-corrected chi connectivity index (χ2v) is 8.80. The first-order valence-electron chi connectivity index (χ1n) is 9.76. The number of H-pyrrole nitrogens is 1. The maximum absolute atomic E-state index is 16.1. The van der Waals surface area contributed by atoms with Crippen molar-refractivity contribution in [2.24, 2.45) is 11.8 Å². The van der Waals surface area contributed by atoms with E-state index in [9.17, 15) is 4.79 Å². The van der Waals surface area contributed by atoms with Crippen molar-refractivity contribution in [3.8, 4) is 10.4 Å². The largest absolute Gasteiger partial charge is 0.338 e. The van der Waals surface area contributed by atoms with Gasteiger partial charge in [-0.05, 0) is 36.8 Å². The van der Waals surface area contributed by atoms with Crippen LogP contribution in [0.15, 0.2) is 54.2 Å². The molecule has 4 nitrogen and oxygen atoms in total. The molecule has 28 heavy (non-hydrogen) atoms. The predicted molar refractivity (Wildman–Crippen MR) is 108 cm³/mol. The van der Waals surface area contributed by atoms with Gasteiger partial charge in [-0.2, -0.15) is 5.10 Å². The third-order valence-corrected chi connectivity index (χ3v) is 7.29. The smallest absolute Gasteiger partial charge is 0.254 e. The fourth-order valence-corrected chi connectivity index (χ4v) is 5.76. The number of carbonyl (C=O) groups excluding carboxylic acids is 1. The molecular formula is C22H22FN3OS. The minimum absolute atomic E-state index is 0.0100. The number of benzene rings is 1. The van der Waals surface area contributed by atoms with Crippen molar-refractivity contribution in [3.05, 3.63) is 65.3 Å². The number of aromatic amines is 1. The molecule has 2 aliphatic rings. The maximum atomic E-state index is 16.1. The van der Waals surface area contributed by atoms with Crippen LogP contribution in [0.25, 0.3) is 10.4 Å². The number of hydrogen-bond donors (Lipinski definition) is 1. The lowest BCUT2D eigenvalue weighted by molar-refractivity contribution is 0.0181. The Morgan fingerprint density at radius 2 is 2.14 bits per heavy atom. The Morgan fingerprint density at radius 3 is 2.93 bits per heavy atom. The van der Waals surface area contributed by atoms with Gasteiger partial charge in [-0.1, -0.05) is 30.3 Å². The van der Waals surface area contributed by atoms with Gasteiger partial charge < -0.3 is 4.90 Å². The Bertz CT molecular complexity index is 971. The van der Waals surface area contributed by atoms with Crippen LogP contribution in [0.5, 0.6) is 0 Å². The highest BCUT2D eigenvalue weighted by atomic mass is 32.1. The number of fused-ring (bicyclic) bond motifs is 1. The molecule has 1 saturated carbocycles. The molecule has 6 heteroatoms. The van der Waals surface area contributed by atoms with Crippen molar-refractivity contribution in [2.45, 2.75) is 24.9 Å². The van der Waals surface area contributed by atoms with Crippen molar-refractivity contribution in [1.29, 1.82) is 0 Å². The summed E-state index contributed by atoms with van der Waals surface area (Å²) in [6.07, 6.45) is 5.99. The summed E-state index contributed by atoms with van der Waals surface area (Å²) in [7, 11) is 0. The van der Waals surface area contributed by atoms with E-state index in [4.69, 9.17) is 0 Å². The van der Waals surface area contributed by atoms with Gasteiger partial charge in [0.15, 0.2) is 0 Å². The van der Waals surface area contributed by atoms with Gasteiger partial charge in [0, 0.05) is 41.0 Å². The van der Waals surface area contributed by atoms with Crippen molar-refractivity contribution >= 4 is 17.2 Å². The molecule has 2 fully saturated rings. The Labute approximate surface area is 167 Å². The molecule has 3 heterocycles. The minimum atomic E-state index is -1.34. The molecule has 1 saturated heterocycles. The molecular weight excluding hydrogens is 373 g/mol. The summed E-state index contributed by atoms with van der Waals surface area (Å²) in [6, 6.07) is 11.4. The van der Waals surface area contributed by atoms with Crippen molar-refractivity contribution in [2.75, 3.05) is 13.1 Å². The quantitative estimate of drug-likeness (QED) is 0.687. The summed E-state index contributed by atoms with van der Waals surface area (Å²) in [5, 5.41) is 8.66. The van der Waals surface area contributed by atoms with Crippen LogP contribution in [0, 0.1) is 11.8 Å². The molecule has 1 aromatic carbocycles. The molecule has 1 amide bonds. The predicted octanol–water partition coefficient (Wildman–Crippen LogP) is 4.88. The van der Waals surface area contributed by atoms with Crippen LogP contribution in [0.2, 0.25) is 0 Å². The highest BCUT2D eigenvalue weighted by Gasteiger charge is 2.52. The number of nitrogens with one attached hydrogen (secondary N) is 1. The number of nitrogens with zero attached hydrogens (tertiary/aromatic N) is 2. The van der Waals surface area contributed by atoms with E-state index in [1.807, 2.05) is 52.9 Å². The number of amides is 1. The number of aromatic nitrogens is 2. The summed E-state index contributed by atoms with van der Waals surface area (Å²) in [5.74, 6) is 0.116. The molecule has 3 aromatic rings. The zero-order valence-corrected chi connectivity index (χ0v) is 16.3. The van der Waals surface area contributed by atoms with Crippen molar-refractivity contribution in [1.82, 2.24) is 15.1 Å². The Morgan fingerprint density at radius 1 is 1.29 bits per heavy atom. The highest BCUT2D eigenvalue weighted by molar-refractivity contribution is 7.13. The monoisotopic (exact) mass is 395 g/mol. The first-order valence-corrected chi connectivity index (χ1v) is 10.6. The second-order valence-electron chi connectivity index (χ2n) is 7.88. The van der Waals surface area contributed by atoms with Gasteiger partial charge in [-0.15, -0.1) is 11.3 Å². The molecule has 3 unspecified atom stereocenters. The Balaban J connectivity index is 1.38. The van der Waals surface area contributed by atoms with E-state index in [0.717, 1.165) is 28.8 Å². The van der Waals surface area contributed by atoms with Gasteiger partial charge in [-0.3, -0.25) is 9.89 Å². The van der Waals surface area contributed by atoms with Crippen LogP contribution in [0.3, 0.4) is 0 Å². The molecule has 3 atom stereocenters. The van der Waals surface area contributed by atoms with Crippen LogP contribution >= 0.6 is 11.3 Å². The van der Waals surface area contributed by atoms with Crippen LogP contribution in [-0.4, -0.2) is 34.1 Å². The molecule has 1 aliphatic carbocycles. The van der Waals surface area contributed by atoms with E-state index in [-0.39, 0.29) is 17.7 Å². The van der Waals surface area contributed by atoms with Gasteiger partial charge >= 0.3 is 0 Å². The highest BCUT2D eigenvalue weighted by Crippen LogP contribution is 2.51. The molecule has 0 spiro atoms. The lowest BCUT2D eigenvalue weighted by Crippen LogP contribution is -2.39. The van der Waals surface area contributed by atoms with Crippen LogP contribution in [0.4, 0.5) is 4.39 Å². The summed E-state index contributed by atoms with van der Waals surface area (Å²) in [6.45, 7) is 1.14. The number of halogens is 1. The standard InChI is InChI=1S/C22H22FN3OS/c23-22(18-6-2-1-3-7-18)8-4-5-15-12-26(13-19(15)22)21(27)16-9-20(28-14-16)17-10-24-25-11-17/h1-3,6-7,9-11,14-15,19H,4-5,8,12-13H2,(H,24,25). The summed E-state index contributed by atoms with van der Waals surface area (Å²) in [4.78, 5) is 16.0. The minimum Gasteiger partial charge on any atom is -0.338 e. The summed E-state index contributed by atoms with van der Waals surface area (Å²) < 4.78 is 16.1. The van der Waals surface area contributed by atoms with E-state index in [0.29, 0.717) is 25.1 Å². The van der Waals surface area contributed by atoms with Gasteiger partial charge in [0.05, 0.1) is 11.8 Å². The zero-order valence-electron chi connectivity index (χ0n) is 15.5. The van der Waals surface area contributed by atoms with Gasteiger partial charge in [0.25, 0.3) is 5.91 Å². The van der Waals surface area contributed by atoms with Gasteiger partial charge in [0.1, 0.15) is 5.67 Å². The summed E-state index contributed by atoms with van der Waals surface area (Å²) >= 11 is 1.53. The number of alkyl halides is 1. The zero-order chi connectivity index (χ0) is 19.1. The average Bonchev–Trinajstić information content (AvgIpc) is 3.48. The van der Waals surface area contributed by atoms with Crippen molar-refractivity contribution < 1.29 is 9.18 Å².